The molecule has 350 valence electrons. The molecule has 6 heterocycles. The van der Waals surface area contributed by atoms with E-state index in [1.807, 2.05) is 44.2 Å². The number of carbonyl (C=O) groups is 3. The van der Waals surface area contributed by atoms with Crippen LogP contribution < -0.4 is 15.2 Å². The third kappa shape index (κ3) is 11.1. The standard InChI is InChI=1S/C20H20FN5O4.C18H18FN5O3.C7H8O2P.H2/c1-3-13-16(29-11(2)27)14(21)20(30-13)26-10-24-15-17(22-9-23-18(15)26)25-19(28)12-7-5-4-6-8-12;1-2-11-14(25)12(19)18(27-11)24-9-22-13-15(20-8-21-16(13)24)23-17(26)10-6-4-3-5-7-10;1-10(8)9-7-5-3-2-4-6-7;/h4-10,13-14,16,20H,3H2,1-2H3,(H,22,23,25,28);3-9,11-12,14,18,25H,2H2,1H3,(H,20,21,23,26);2-6H,1H3;1H/q;;+1;/t13-,14+,16+,20-;11-,12+,14+,18-;;/m11../s1. The van der Waals surface area contributed by atoms with Crippen molar-refractivity contribution in [1.29, 1.82) is 0 Å². The molecule has 19 nitrogen and oxygen atoms in total. The second kappa shape index (κ2) is 21.9. The molecule has 22 heteroatoms. The Morgan fingerprint density at radius 2 is 1.15 bits per heavy atom. The molecular formula is C45H48F2N10O9P+. The minimum atomic E-state index is -1.61. The first-order valence-electron chi connectivity index (χ1n) is 21.0. The number of aliphatic hydroxyl groups excluding tert-OH is 1. The van der Waals surface area contributed by atoms with Crippen LogP contribution in [0.25, 0.3) is 22.3 Å². The van der Waals surface area contributed by atoms with Crippen molar-refractivity contribution in [3.8, 4) is 5.75 Å². The van der Waals surface area contributed by atoms with Crippen molar-refractivity contribution in [2.45, 2.75) is 82.8 Å². The van der Waals surface area contributed by atoms with Gasteiger partial charge in [-0.25, -0.2) is 38.7 Å². The summed E-state index contributed by atoms with van der Waals surface area (Å²) in [4.78, 5) is 61.1. The van der Waals surface area contributed by atoms with Gasteiger partial charge in [0.25, 0.3) is 11.8 Å². The molecule has 2 amide bonds. The Bertz CT molecular complexity index is 2820. The second-order valence-electron chi connectivity index (χ2n) is 15.0. The van der Waals surface area contributed by atoms with Crippen LogP contribution in [0.4, 0.5) is 20.4 Å². The number of hydrogen-bond acceptors (Lipinski definition) is 15. The Morgan fingerprint density at radius 1 is 0.701 bits per heavy atom. The molecule has 2 fully saturated rings. The van der Waals surface area contributed by atoms with E-state index in [1.54, 1.807) is 60.7 Å². The fourth-order valence-electron chi connectivity index (χ4n) is 7.27. The maximum absolute atomic E-state index is 15.1. The quantitative estimate of drug-likeness (QED) is 0.0845. The average molecular weight is 942 g/mol. The lowest BCUT2D eigenvalue weighted by Gasteiger charge is -2.17. The van der Waals surface area contributed by atoms with Crippen LogP contribution in [0.3, 0.4) is 0 Å². The van der Waals surface area contributed by atoms with Crippen LogP contribution >= 0.6 is 8.03 Å². The van der Waals surface area contributed by atoms with Gasteiger partial charge in [0, 0.05) is 19.5 Å². The molecule has 9 atom stereocenters. The van der Waals surface area contributed by atoms with Gasteiger partial charge in [0.05, 0.1) is 18.8 Å². The number of alkyl halides is 2. The highest BCUT2D eigenvalue weighted by Gasteiger charge is 2.48. The molecule has 3 aromatic carbocycles. The first-order valence-corrected chi connectivity index (χ1v) is 22.7. The molecule has 1 unspecified atom stereocenters. The first kappa shape index (κ1) is 47.8. The second-order valence-corrected chi connectivity index (χ2v) is 16.0. The Kier molecular flexibility index (Phi) is 15.6. The van der Waals surface area contributed by atoms with Crippen molar-refractivity contribution in [1.82, 2.24) is 39.0 Å². The summed E-state index contributed by atoms with van der Waals surface area (Å²) in [5.74, 6) is -0.197. The molecule has 0 radical (unpaired) electrons. The number of carbonyl (C=O) groups excluding carboxylic acids is 3. The number of fused-ring (bicyclic) bond motifs is 2. The summed E-state index contributed by atoms with van der Waals surface area (Å²) in [5.41, 5.74) is 2.14. The van der Waals surface area contributed by atoms with Crippen molar-refractivity contribution in [3.63, 3.8) is 0 Å². The minimum Gasteiger partial charge on any atom is -0.456 e. The van der Waals surface area contributed by atoms with E-state index >= 15 is 4.39 Å². The molecule has 2 aliphatic rings. The van der Waals surface area contributed by atoms with Crippen molar-refractivity contribution in [3.05, 3.63) is 127 Å². The van der Waals surface area contributed by atoms with Gasteiger partial charge in [0.15, 0.2) is 77.3 Å². The number of rotatable bonds is 11. The Morgan fingerprint density at radius 3 is 1.58 bits per heavy atom. The van der Waals surface area contributed by atoms with Crippen molar-refractivity contribution in [2.24, 2.45) is 0 Å². The number of aromatic nitrogens is 8. The largest absolute Gasteiger partial charge is 0.552 e. The van der Waals surface area contributed by atoms with Crippen LogP contribution in [-0.4, -0.2) is 105 Å². The zero-order valence-electron chi connectivity index (χ0n) is 36.5. The Labute approximate surface area is 384 Å². The summed E-state index contributed by atoms with van der Waals surface area (Å²) in [6.07, 6.45) is -2.53. The zero-order chi connectivity index (χ0) is 47.6. The Balaban J connectivity index is 0.000000185. The third-order valence-electron chi connectivity index (χ3n) is 10.4. The lowest BCUT2D eigenvalue weighted by Crippen LogP contribution is -2.33. The van der Waals surface area contributed by atoms with Gasteiger partial charge in [0.2, 0.25) is 0 Å². The van der Waals surface area contributed by atoms with Gasteiger partial charge >= 0.3 is 14.0 Å². The number of benzene rings is 3. The summed E-state index contributed by atoms with van der Waals surface area (Å²) in [5, 5.41) is 15.4. The number of hydrogen-bond donors (Lipinski definition) is 3. The van der Waals surface area contributed by atoms with Crippen LogP contribution in [0, 0.1) is 0 Å². The number of anilines is 2. The van der Waals surface area contributed by atoms with Gasteiger partial charge in [-0.15, -0.1) is 0 Å². The predicted molar refractivity (Wildman–Crippen MR) is 242 cm³/mol. The molecule has 7 aromatic rings. The van der Waals surface area contributed by atoms with Crippen LogP contribution in [0.5, 0.6) is 5.75 Å². The molecule has 2 aliphatic heterocycles. The molecule has 3 N–H and O–H groups in total. The Hall–Kier alpha value is -7.19. The summed E-state index contributed by atoms with van der Waals surface area (Å²) < 4.78 is 64.5. The summed E-state index contributed by atoms with van der Waals surface area (Å²) in [6, 6.07) is 26.5. The normalized spacial score (nSPS) is 22.2. The van der Waals surface area contributed by atoms with Crippen LogP contribution in [0.15, 0.2) is 116 Å². The zero-order valence-corrected chi connectivity index (χ0v) is 37.4. The van der Waals surface area contributed by atoms with E-state index in [-0.39, 0.29) is 24.9 Å². The number of amides is 2. The smallest absolute Gasteiger partial charge is 0.456 e. The highest BCUT2D eigenvalue weighted by atomic mass is 31.1. The predicted octanol–water partition coefficient (Wildman–Crippen LogP) is 7.42. The minimum absolute atomic E-state index is 0. The molecule has 4 aromatic heterocycles. The molecule has 67 heavy (non-hydrogen) atoms. The molecule has 0 aliphatic carbocycles. The molecule has 0 saturated carbocycles. The SMILES string of the molecule is CC[C@H]1O[C@@H](n2cnc3c(NC(=O)c4ccccc4)ncnc32)[C@@H](F)[C@H]1O.CC[C@H]1O[C@@H](n2cnc3c(NC(=O)c4ccccc4)ncnc32)[C@@H](F)[C@H]1OC(C)=O.C[P+](=O)Oc1ccccc1.[HH]. The van der Waals surface area contributed by atoms with Gasteiger partial charge < -0.3 is 30.0 Å². The summed E-state index contributed by atoms with van der Waals surface area (Å²) >= 11 is 0. The van der Waals surface area contributed by atoms with Crippen LogP contribution in [-0.2, 0) is 23.6 Å². The number of ether oxygens (including phenoxy) is 3. The van der Waals surface area contributed by atoms with Crippen molar-refractivity contribution >= 4 is 59.8 Å². The first-order chi connectivity index (χ1) is 32.4. The molecule has 0 bridgehead atoms. The van der Waals surface area contributed by atoms with E-state index in [2.05, 4.69) is 40.5 Å². The van der Waals surface area contributed by atoms with E-state index in [0.717, 1.165) is 0 Å². The summed E-state index contributed by atoms with van der Waals surface area (Å²) in [7, 11) is -1.53. The van der Waals surface area contributed by atoms with Crippen LogP contribution in [0.1, 0.15) is 68.2 Å². The monoisotopic (exact) mass is 941 g/mol. The van der Waals surface area contributed by atoms with Gasteiger partial charge in [0.1, 0.15) is 24.9 Å². The average Bonchev–Trinajstić information content (AvgIpc) is 4.11. The van der Waals surface area contributed by atoms with Gasteiger partial charge in [-0.1, -0.05) is 68.4 Å². The van der Waals surface area contributed by atoms with Crippen molar-refractivity contribution < 1.29 is 53.0 Å². The highest BCUT2D eigenvalue weighted by molar-refractivity contribution is 7.38. The maximum atomic E-state index is 15.1. The van der Waals surface area contributed by atoms with E-state index in [1.165, 1.54) is 48.0 Å². The molecule has 2 saturated heterocycles. The number of nitrogens with one attached hydrogen (secondary N) is 2. The maximum Gasteiger partial charge on any atom is 0.552 e. The highest BCUT2D eigenvalue weighted by Crippen LogP contribution is 2.38. The van der Waals surface area contributed by atoms with E-state index in [0.29, 0.717) is 52.0 Å². The third-order valence-corrected chi connectivity index (χ3v) is 10.9. The summed E-state index contributed by atoms with van der Waals surface area (Å²) in [6.45, 7) is 6.40. The molecule has 9 rings (SSSR count). The fourth-order valence-corrected chi connectivity index (χ4v) is 7.69. The number of halogens is 2. The molecular weight excluding hydrogens is 894 g/mol. The number of aliphatic hydroxyl groups is 1. The van der Waals surface area contributed by atoms with E-state index < -0.39 is 63.2 Å². The number of esters is 1. The topological polar surface area (TPSA) is 237 Å². The van der Waals surface area contributed by atoms with Crippen molar-refractivity contribution in [2.75, 3.05) is 17.3 Å². The lowest BCUT2D eigenvalue weighted by atomic mass is 10.1. The number of imidazole rings is 2. The molecule has 0 spiro atoms. The van der Waals surface area contributed by atoms with E-state index in [4.69, 9.17) is 18.7 Å². The lowest BCUT2D eigenvalue weighted by molar-refractivity contribution is -0.151. The van der Waals surface area contributed by atoms with Gasteiger partial charge in [-0.05, 0) is 53.8 Å². The fraction of sp³-hybridized carbons (Fsp3) is 0.311. The number of nitrogens with zero attached hydrogens (tertiary/aromatic N) is 8. The van der Waals surface area contributed by atoms with Gasteiger partial charge in [-0.2, -0.15) is 0 Å². The van der Waals surface area contributed by atoms with E-state index in [9.17, 15) is 28.4 Å². The van der Waals surface area contributed by atoms with Gasteiger partial charge in [-0.3, -0.25) is 28.0 Å². The number of para-hydroxylation sites is 1. The van der Waals surface area contributed by atoms with Crippen LogP contribution in [0.2, 0.25) is 0 Å².